The first-order valence-electron chi connectivity index (χ1n) is 11.3. The number of phenolic OH excluding ortho intramolecular Hbond substituents is 1. The molecule has 5 rings (SSSR count). The molecular weight excluding hydrogens is 494 g/mol. The lowest BCUT2D eigenvalue weighted by Gasteiger charge is -2.29. The van der Waals surface area contributed by atoms with Crippen LogP contribution in [0.1, 0.15) is 29.0 Å². The first-order chi connectivity index (χ1) is 17.2. The predicted octanol–water partition coefficient (Wildman–Crippen LogP) is 4.43. The molecular formula is C26H25N5O3S2. The van der Waals surface area contributed by atoms with Gasteiger partial charge >= 0.3 is 0 Å². The SMILES string of the molecule is Cc1cc(N2C(=S)N[C@H](c3ccccn3)[C@H]2c2cccn2-c2ccc(O)cc2)ccc1NS(C)(=O)=O. The minimum absolute atomic E-state index is 0.197. The van der Waals surface area contributed by atoms with Crippen LogP contribution in [0, 0.1) is 6.92 Å². The van der Waals surface area contributed by atoms with Gasteiger partial charge in [-0.2, -0.15) is 0 Å². The van der Waals surface area contributed by atoms with Crippen molar-refractivity contribution in [2.45, 2.75) is 19.0 Å². The lowest BCUT2D eigenvalue weighted by Crippen LogP contribution is -2.30. The zero-order valence-corrected chi connectivity index (χ0v) is 21.3. The number of thiocarbonyl (C=S) groups is 1. The van der Waals surface area contributed by atoms with E-state index in [2.05, 4.69) is 19.6 Å². The molecule has 2 aromatic heterocycles. The lowest BCUT2D eigenvalue weighted by atomic mass is 10.0. The summed E-state index contributed by atoms with van der Waals surface area (Å²) in [5, 5.41) is 13.8. The van der Waals surface area contributed by atoms with E-state index in [0.717, 1.165) is 34.6 Å². The van der Waals surface area contributed by atoms with Crippen molar-refractivity contribution in [1.29, 1.82) is 0 Å². The number of benzene rings is 2. The molecule has 2 aromatic carbocycles. The third-order valence-corrected chi connectivity index (χ3v) is 7.00. The van der Waals surface area contributed by atoms with Crippen LogP contribution in [0.2, 0.25) is 0 Å². The Labute approximate surface area is 215 Å². The van der Waals surface area contributed by atoms with Gasteiger partial charge in [0.15, 0.2) is 5.11 Å². The van der Waals surface area contributed by atoms with Crippen molar-refractivity contribution in [1.82, 2.24) is 14.9 Å². The standard InChI is InChI=1S/C26H25N5O3S2/c1-17-16-19(10-13-21(17)29-36(2,33)34)31-25(24(28-26(31)35)22-6-3-4-14-27-22)23-7-5-15-30(23)18-8-11-20(32)12-9-18/h3-16,24-25,29,32H,1-2H3,(H,28,35)/t24-,25-/m1/s1. The summed E-state index contributed by atoms with van der Waals surface area (Å²) in [6.45, 7) is 1.86. The normalized spacial score (nSPS) is 17.7. The van der Waals surface area contributed by atoms with Gasteiger partial charge in [-0.05, 0) is 91.4 Å². The molecule has 0 unspecified atom stereocenters. The molecule has 3 heterocycles. The fourth-order valence-corrected chi connectivity index (χ4v) is 5.50. The van der Waals surface area contributed by atoms with Crippen LogP contribution >= 0.6 is 12.2 Å². The van der Waals surface area contributed by atoms with Gasteiger partial charge in [0.25, 0.3) is 0 Å². The van der Waals surface area contributed by atoms with E-state index in [-0.39, 0.29) is 17.8 Å². The van der Waals surface area contributed by atoms with Gasteiger partial charge in [0.05, 0.1) is 23.7 Å². The number of rotatable bonds is 6. The molecule has 0 radical (unpaired) electrons. The van der Waals surface area contributed by atoms with E-state index in [1.165, 1.54) is 0 Å². The maximum Gasteiger partial charge on any atom is 0.229 e. The third-order valence-electron chi connectivity index (χ3n) is 6.09. The average Bonchev–Trinajstić information content (AvgIpc) is 3.45. The van der Waals surface area contributed by atoms with Crippen molar-refractivity contribution >= 4 is 38.7 Å². The van der Waals surface area contributed by atoms with Crippen LogP contribution in [0.3, 0.4) is 0 Å². The number of hydrogen-bond donors (Lipinski definition) is 3. The molecule has 2 atom stereocenters. The summed E-state index contributed by atoms with van der Waals surface area (Å²) in [5.74, 6) is 0.197. The van der Waals surface area contributed by atoms with Gasteiger partial charge in [0.2, 0.25) is 10.0 Å². The number of hydrogen-bond acceptors (Lipinski definition) is 5. The topological polar surface area (TPSA) is 99.5 Å². The fraction of sp³-hybridized carbons (Fsp3) is 0.154. The Hall–Kier alpha value is -3.89. The smallest absolute Gasteiger partial charge is 0.229 e. The van der Waals surface area contributed by atoms with Gasteiger partial charge in [0, 0.05) is 29.5 Å². The highest BCUT2D eigenvalue weighted by Gasteiger charge is 2.42. The summed E-state index contributed by atoms with van der Waals surface area (Å²) >= 11 is 5.82. The van der Waals surface area contributed by atoms with Crippen LogP contribution in [0.15, 0.2) is 85.2 Å². The number of pyridine rings is 1. The van der Waals surface area contributed by atoms with Crippen molar-refractivity contribution in [3.05, 3.63) is 102 Å². The molecule has 4 aromatic rings. The molecule has 0 spiro atoms. The van der Waals surface area contributed by atoms with Crippen LogP contribution in [0.4, 0.5) is 11.4 Å². The Morgan fingerprint density at radius 2 is 1.78 bits per heavy atom. The molecule has 1 aliphatic heterocycles. The van der Waals surface area contributed by atoms with E-state index in [1.807, 2.05) is 72.6 Å². The summed E-state index contributed by atoms with van der Waals surface area (Å²) in [6, 6.07) is 21.9. The summed E-state index contributed by atoms with van der Waals surface area (Å²) in [7, 11) is -3.40. The van der Waals surface area contributed by atoms with Crippen LogP contribution < -0.4 is 14.9 Å². The highest BCUT2D eigenvalue weighted by atomic mass is 32.2. The number of nitrogens with zero attached hydrogens (tertiary/aromatic N) is 3. The van der Waals surface area contributed by atoms with Gasteiger partial charge in [-0.15, -0.1) is 0 Å². The second-order valence-electron chi connectivity index (χ2n) is 8.69. The predicted molar refractivity (Wildman–Crippen MR) is 145 cm³/mol. The van der Waals surface area contributed by atoms with E-state index in [1.54, 1.807) is 24.4 Å². The first-order valence-corrected chi connectivity index (χ1v) is 13.6. The van der Waals surface area contributed by atoms with Gasteiger partial charge in [-0.1, -0.05) is 6.07 Å². The van der Waals surface area contributed by atoms with E-state index < -0.39 is 10.0 Å². The van der Waals surface area contributed by atoms with Crippen molar-refractivity contribution in [2.75, 3.05) is 15.9 Å². The summed E-state index contributed by atoms with van der Waals surface area (Å²) < 4.78 is 28.2. The number of aryl methyl sites for hydroxylation is 1. The summed E-state index contributed by atoms with van der Waals surface area (Å²) in [6.07, 6.45) is 4.86. The third kappa shape index (κ3) is 4.65. The zero-order chi connectivity index (χ0) is 25.4. The fourth-order valence-electron chi connectivity index (χ4n) is 4.53. The number of nitrogens with one attached hydrogen (secondary N) is 2. The largest absolute Gasteiger partial charge is 0.508 e. The minimum Gasteiger partial charge on any atom is -0.508 e. The molecule has 8 nitrogen and oxygen atoms in total. The highest BCUT2D eigenvalue weighted by molar-refractivity contribution is 7.92. The Morgan fingerprint density at radius 1 is 1.03 bits per heavy atom. The van der Waals surface area contributed by atoms with Crippen LogP contribution in [0.25, 0.3) is 5.69 Å². The van der Waals surface area contributed by atoms with Crippen molar-refractivity contribution < 1.29 is 13.5 Å². The van der Waals surface area contributed by atoms with Gasteiger partial charge in [-0.25, -0.2) is 8.42 Å². The van der Waals surface area contributed by atoms with E-state index in [4.69, 9.17) is 12.2 Å². The van der Waals surface area contributed by atoms with Crippen LogP contribution in [0.5, 0.6) is 5.75 Å². The minimum atomic E-state index is -3.40. The number of sulfonamides is 1. The maximum absolute atomic E-state index is 11.8. The van der Waals surface area contributed by atoms with Gasteiger partial charge in [-0.3, -0.25) is 9.71 Å². The lowest BCUT2D eigenvalue weighted by molar-refractivity contribution is 0.475. The molecule has 1 aliphatic rings. The quantitative estimate of drug-likeness (QED) is 0.324. The number of phenols is 1. The Balaban J connectivity index is 1.63. The molecule has 0 aliphatic carbocycles. The first kappa shape index (κ1) is 23.8. The second kappa shape index (κ2) is 9.29. The van der Waals surface area contributed by atoms with Crippen LogP contribution in [-0.2, 0) is 10.0 Å². The molecule has 1 fully saturated rings. The molecule has 36 heavy (non-hydrogen) atoms. The molecule has 184 valence electrons. The number of aromatic nitrogens is 2. The molecule has 0 saturated carbocycles. The number of aromatic hydroxyl groups is 1. The molecule has 0 amide bonds. The second-order valence-corrected chi connectivity index (χ2v) is 10.8. The van der Waals surface area contributed by atoms with E-state index >= 15 is 0 Å². The highest BCUT2D eigenvalue weighted by Crippen LogP contribution is 2.43. The summed E-state index contributed by atoms with van der Waals surface area (Å²) in [5.41, 5.74) is 4.83. The number of anilines is 2. The maximum atomic E-state index is 11.8. The van der Waals surface area contributed by atoms with Gasteiger partial charge < -0.3 is 19.9 Å². The molecule has 1 saturated heterocycles. The van der Waals surface area contributed by atoms with Crippen molar-refractivity contribution in [3.63, 3.8) is 0 Å². The molecule has 3 N–H and O–H groups in total. The van der Waals surface area contributed by atoms with Crippen molar-refractivity contribution in [2.24, 2.45) is 0 Å². The zero-order valence-electron chi connectivity index (χ0n) is 19.7. The van der Waals surface area contributed by atoms with E-state index in [9.17, 15) is 13.5 Å². The Bertz CT molecular complexity index is 1520. The molecule has 10 heteroatoms. The Kier molecular flexibility index (Phi) is 6.15. The van der Waals surface area contributed by atoms with Gasteiger partial charge in [0.1, 0.15) is 11.8 Å². The monoisotopic (exact) mass is 519 g/mol. The molecule has 0 bridgehead atoms. The average molecular weight is 520 g/mol. The summed E-state index contributed by atoms with van der Waals surface area (Å²) in [4.78, 5) is 6.64. The van der Waals surface area contributed by atoms with Crippen molar-refractivity contribution in [3.8, 4) is 11.4 Å². The Morgan fingerprint density at radius 3 is 2.44 bits per heavy atom. The van der Waals surface area contributed by atoms with E-state index in [0.29, 0.717) is 10.8 Å². The van der Waals surface area contributed by atoms with Crippen LogP contribution in [-0.4, -0.2) is 34.4 Å².